The van der Waals surface area contributed by atoms with Crippen LogP contribution >= 0.6 is 0 Å². The van der Waals surface area contributed by atoms with Gasteiger partial charge in [-0.25, -0.2) is 4.79 Å². The van der Waals surface area contributed by atoms with Crippen LogP contribution in [-0.2, 0) is 17.2 Å². The predicted molar refractivity (Wildman–Crippen MR) is 135 cm³/mol. The molecular weight excluding hydrogens is 450 g/mol. The number of hydrogen-bond acceptors (Lipinski definition) is 5. The van der Waals surface area contributed by atoms with Crippen LogP contribution in [-0.4, -0.2) is 66.0 Å². The first-order valence-electron chi connectivity index (χ1n) is 11.6. The first-order valence-corrected chi connectivity index (χ1v) is 12.9. The van der Waals surface area contributed by atoms with E-state index in [1.165, 1.54) is 0 Å². The van der Waals surface area contributed by atoms with Gasteiger partial charge in [-0.3, -0.25) is 9.11 Å². The Bertz CT molecular complexity index is 1170. The lowest BCUT2D eigenvalue weighted by molar-refractivity contribution is 0.205. The molecule has 0 saturated carbocycles. The van der Waals surface area contributed by atoms with Crippen molar-refractivity contribution >= 4 is 28.1 Å². The van der Waals surface area contributed by atoms with Crippen molar-refractivity contribution in [2.24, 2.45) is 0 Å². The smallest absolute Gasteiger partial charge is 0.321 e. The van der Waals surface area contributed by atoms with Gasteiger partial charge in [0.15, 0.2) is 11.5 Å². The fourth-order valence-electron chi connectivity index (χ4n) is 5.17. The van der Waals surface area contributed by atoms with Gasteiger partial charge in [0.05, 0.1) is 19.0 Å². The Hall–Kier alpha value is -3.00. The zero-order valence-corrected chi connectivity index (χ0v) is 20.9. The van der Waals surface area contributed by atoms with Crippen molar-refractivity contribution in [3.8, 4) is 11.5 Å². The molecule has 2 aromatic rings. The highest BCUT2D eigenvalue weighted by Crippen LogP contribution is 2.42. The maximum absolute atomic E-state index is 12.7. The van der Waals surface area contributed by atoms with Gasteiger partial charge in [0.25, 0.3) is 0 Å². The molecule has 2 amide bonds. The van der Waals surface area contributed by atoms with Crippen LogP contribution in [0.25, 0.3) is 5.57 Å². The molecule has 34 heavy (non-hydrogen) atoms. The maximum Gasteiger partial charge on any atom is 0.321 e. The van der Waals surface area contributed by atoms with Gasteiger partial charge in [0, 0.05) is 60.2 Å². The molecule has 180 valence electrons. The standard InChI is InChI=1S/C26H31N3O4S/c1-17-11-19-12-23(32-3)24(33-4)13-21(19)22(14-29(17)25(30)27-2)18-5-7-20(8-6-18)28-15-26(16-28)9-10-34(26)31/h5-8,12-14,17H,9-11,15-16H2,1-4H3,(H,27,30). The molecule has 2 atom stereocenters. The van der Waals surface area contributed by atoms with Crippen LogP contribution in [0, 0.1) is 0 Å². The number of ether oxygens (including phenoxy) is 2. The lowest BCUT2D eigenvalue weighted by atomic mass is 9.91. The van der Waals surface area contributed by atoms with Gasteiger partial charge in [-0.1, -0.05) is 12.1 Å². The minimum absolute atomic E-state index is 0.0290. The molecular formula is C26H31N3O4S. The zero-order valence-electron chi connectivity index (χ0n) is 20.1. The molecule has 7 nitrogen and oxygen atoms in total. The highest BCUT2D eigenvalue weighted by molar-refractivity contribution is 7.88. The van der Waals surface area contributed by atoms with Crippen molar-refractivity contribution in [1.29, 1.82) is 0 Å². The fraction of sp³-hybridized carbons (Fsp3) is 0.423. The molecule has 8 heteroatoms. The van der Waals surface area contributed by atoms with E-state index in [-0.39, 0.29) is 16.8 Å². The Kier molecular flexibility index (Phi) is 5.80. The van der Waals surface area contributed by atoms with Crippen molar-refractivity contribution in [3.63, 3.8) is 0 Å². The monoisotopic (exact) mass is 481 g/mol. The highest BCUT2D eigenvalue weighted by atomic mass is 32.2. The van der Waals surface area contributed by atoms with Gasteiger partial charge in [-0.05, 0) is 60.7 Å². The second-order valence-corrected chi connectivity index (χ2v) is 11.3. The van der Waals surface area contributed by atoms with E-state index < -0.39 is 10.8 Å². The molecule has 0 aromatic heterocycles. The predicted octanol–water partition coefficient (Wildman–Crippen LogP) is 3.39. The first-order chi connectivity index (χ1) is 16.4. The van der Waals surface area contributed by atoms with Crippen LogP contribution in [0.2, 0.25) is 0 Å². The van der Waals surface area contributed by atoms with Crippen molar-refractivity contribution < 1.29 is 18.5 Å². The number of benzene rings is 2. The topological polar surface area (TPSA) is 71.1 Å². The Morgan fingerprint density at radius 1 is 1.12 bits per heavy atom. The summed E-state index contributed by atoms with van der Waals surface area (Å²) in [5, 5.41) is 2.76. The molecule has 3 heterocycles. The van der Waals surface area contributed by atoms with Gasteiger partial charge < -0.3 is 19.7 Å². The van der Waals surface area contributed by atoms with E-state index in [2.05, 4.69) is 34.5 Å². The van der Waals surface area contributed by atoms with E-state index in [0.717, 1.165) is 53.2 Å². The van der Waals surface area contributed by atoms with Crippen molar-refractivity contribution in [1.82, 2.24) is 10.2 Å². The number of fused-ring (bicyclic) bond motifs is 1. The number of methoxy groups -OCH3 is 2. The summed E-state index contributed by atoms with van der Waals surface area (Å²) in [7, 11) is 4.24. The van der Waals surface area contributed by atoms with E-state index in [1.807, 2.05) is 25.3 Å². The third kappa shape index (κ3) is 3.64. The molecule has 1 spiro atoms. The van der Waals surface area contributed by atoms with Gasteiger partial charge in [0.2, 0.25) is 0 Å². The van der Waals surface area contributed by atoms with Crippen molar-refractivity contribution in [2.45, 2.75) is 30.6 Å². The number of carbonyl (C=O) groups is 1. The summed E-state index contributed by atoms with van der Waals surface area (Å²) in [5.41, 5.74) is 5.23. The van der Waals surface area contributed by atoms with E-state index in [9.17, 15) is 9.00 Å². The molecule has 3 aliphatic rings. The van der Waals surface area contributed by atoms with Crippen LogP contribution in [0.1, 0.15) is 30.0 Å². The second kappa shape index (κ2) is 8.65. The summed E-state index contributed by atoms with van der Waals surface area (Å²) < 4.78 is 23.2. The summed E-state index contributed by atoms with van der Waals surface area (Å²) >= 11 is 0. The Labute approximate surface area is 203 Å². The molecule has 0 radical (unpaired) electrons. The summed E-state index contributed by atoms with van der Waals surface area (Å²) in [6.07, 6.45) is 3.69. The maximum atomic E-state index is 12.7. The number of rotatable bonds is 4. The average molecular weight is 482 g/mol. The zero-order chi connectivity index (χ0) is 24.0. The number of nitrogens with zero attached hydrogens (tertiary/aromatic N) is 2. The van der Waals surface area contributed by atoms with E-state index >= 15 is 0 Å². The minimum atomic E-state index is -0.673. The first kappa shape index (κ1) is 22.8. The highest BCUT2D eigenvalue weighted by Gasteiger charge is 2.53. The van der Waals surface area contributed by atoms with Crippen LogP contribution in [0.5, 0.6) is 11.5 Å². The van der Waals surface area contributed by atoms with Crippen molar-refractivity contribution in [2.75, 3.05) is 45.0 Å². The molecule has 2 aromatic carbocycles. The number of carbonyl (C=O) groups excluding carboxylic acids is 1. The molecule has 0 aliphatic carbocycles. The Morgan fingerprint density at radius 2 is 1.79 bits per heavy atom. The number of hydrogen-bond donors (Lipinski definition) is 1. The molecule has 2 fully saturated rings. The van der Waals surface area contributed by atoms with Gasteiger partial charge in [-0.2, -0.15) is 0 Å². The molecule has 5 rings (SSSR count). The van der Waals surface area contributed by atoms with Crippen LogP contribution in [0.3, 0.4) is 0 Å². The third-order valence-corrected chi connectivity index (χ3v) is 9.34. The number of nitrogens with one attached hydrogen (secondary N) is 1. The summed E-state index contributed by atoms with van der Waals surface area (Å²) in [5.74, 6) is 2.18. The minimum Gasteiger partial charge on any atom is -0.493 e. The quantitative estimate of drug-likeness (QED) is 0.725. The lowest BCUT2D eigenvalue weighted by Gasteiger charge is -2.55. The molecule has 2 saturated heterocycles. The number of urea groups is 1. The Balaban J connectivity index is 1.52. The van der Waals surface area contributed by atoms with Gasteiger partial charge in [-0.15, -0.1) is 0 Å². The van der Waals surface area contributed by atoms with E-state index in [0.29, 0.717) is 17.9 Å². The molecule has 0 bridgehead atoms. The van der Waals surface area contributed by atoms with Gasteiger partial charge in [0.1, 0.15) is 0 Å². The number of amides is 2. The van der Waals surface area contributed by atoms with Crippen molar-refractivity contribution in [3.05, 3.63) is 59.3 Å². The molecule has 2 unspecified atom stereocenters. The van der Waals surface area contributed by atoms with Crippen LogP contribution in [0.15, 0.2) is 42.6 Å². The molecule has 1 N–H and O–H groups in total. The SMILES string of the molecule is CNC(=O)N1C=C(c2ccc(N3CC4(CCS4=O)C3)cc2)c2cc(OC)c(OC)cc2CC1C. The van der Waals surface area contributed by atoms with Gasteiger partial charge >= 0.3 is 6.03 Å². The van der Waals surface area contributed by atoms with E-state index in [4.69, 9.17) is 9.47 Å². The van der Waals surface area contributed by atoms with Crippen LogP contribution < -0.4 is 19.7 Å². The number of anilines is 1. The fourth-order valence-corrected chi connectivity index (χ4v) is 6.72. The lowest BCUT2D eigenvalue weighted by Crippen LogP contribution is -2.69. The third-order valence-electron chi connectivity index (χ3n) is 7.33. The summed E-state index contributed by atoms with van der Waals surface area (Å²) in [6, 6.07) is 12.3. The normalized spacial score (nSPS) is 22.6. The molecule has 3 aliphatic heterocycles. The Morgan fingerprint density at radius 3 is 2.35 bits per heavy atom. The average Bonchev–Trinajstić information content (AvgIpc) is 2.96. The van der Waals surface area contributed by atoms with Crippen LogP contribution in [0.4, 0.5) is 10.5 Å². The summed E-state index contributed by atoms with van der Waals surface area (Å²) in [4.78, 5) is 16.8. The van der Waals surface area contributed by atoms with E-state index in [1.54, 1.807) is 26.2 Å². The largest absolute Gasteiger partial charge is 0.493 e. The second-order valence-electron chi connectivity index (χ2n) is 9.31. The summed E-state index contributed by atoms with van der Waals surface area (Å²) in [6.45, 7) is 3.77.